The van der Waals surface area contributed by atoms with Gasteiger partial charge in [-0.2, -0.15) is 5.10 Å². The number of rotatable bonds is 6. The molecule has 3 heterocycles. The molecular formula is C15H17N3S2. The summed E-state index contributed by atoms with van der Waals surface area (Å²) in [6.45, 7) is 1.89. The molecule has 3 aromatic rings. The van der Waals surface area contributed by atoms with Gasteiger partial charge in [-0.05, 0) is 29.0 Å². The van der Waals surface area contributed by atoms with Gasteiger partial charge in [-0.3, -0.25) is 4.68 Å². The number of hydrogen-bond acceptors (Lipinski definition) is 4. The Balaban J connectivity index is 1.47. The molecule has 104 valence electrons. The molecule has 0 aromatic carbocycles. The van der Waals surface area contributed by atoms with Gasteiger partial charge in [0.25, 0.3) is 0 Å². The summed E-state index contributed by atoms with van der Waals surface area (Å²) in [7, 11) is 1.95. The van der Waals surface area contributed by atoms with Gasteiger partial charge in [-0.25, -0.2) is 0 Å². The molecule has 0 aliphatic carbocycles. The normalized spacial score (nSPS) is 11.1. The van der Waals surface area contributed by atoms with E-state index < -0.39 is 0 Å². The van der Waals surface area contributed by atoms with Gasteiger partial charge in [-0.1, -0.05) is 6.07 Å². The van der Waals surface area contributed by atoms with E-state index in [0.717, 1.165) is 25.2 Å². The number of nitrogens with one attached hydrogen (secondary N) is 1. The van der Waals surface area contributed by atoms with Gasteiger partial charge in [-0.15, -0.1) is 22.7 Å². The van der Waals surface area contributed by atoms with E-state index in [1.54, 1.807) is 11.3 Å². The third kappa shape index (κ3) is 3.36. The Morgan fingerprint density at radius 3 is 3.00 bits per heavy atom. The fourth-order valence-electron chi connectivity index (χ4n) is 2.07. The molecule has 3 aromatic heterocycles. The highest BCUT2D eigenvalue weighted by atomic mass is 32.1. The molecule has 3 nitrogen and oxygen atoms in total. The van der Waals surface area contributed by atoms with E-state index in [2.05, 4.69) is 45.4 Å². The highest BCUT2D eigenvalue weighted by Crippen LogP contribution is 2.29. The van der Waals surface area contributed by atoms with Crippen LogP contribution in [0.15, 0.2) is 41.2 Å². The lowest BCUT2D eigenvalue weighted by Gasteiger charge is -2.00. The molecule has 20 heavy (non-hydrogen) atoms. The van der Waals surface area contributed by atoms with Crippen LogP contribution >= 0.6 is 22.7 Å². The number of hydrogen-bond donors (Lipinski definition) is 1. The zero-order valence-corrected chi connectivity index (χ0v) is 13.0. The van der Waals surface area contributed by atoms with Crippen LogP contribution in [0, 0.1) is 0 Å². The molecule has 0 fully saturated rings. The van der Waals surface area contributed by atoms with Crippen molar-refractivity contribution in [2.75, 3.05) is 6.54 Å². The van der Waals surface area contributed by atoms with E-state index in [9.17, 15) is 0 Å². The quantitative estimate of drug-likeness (QED) is 0.706. The second-order valence-corrected chi connectivity index (χ2v) is 6.63. The Bertz CT molecular complexity index is 652. The summed E-state index contributed by atoms with van der Waals surface area (Å²) in [6.07, 6.45) is 2.96. The van der Waals surface area contributed by atoms with Crippen molar-refractivity contribution >= 4 is 22.7 Å². The maximum atomic E-state index is 4.37. The third-order valence-electron chi connectivity index (χ3n) is 3.09. The fraction of sp³-hybridized carbons (Fsp3) is 0.267. The Labute approximate surface area is 126 Å². The first-order valence-corrected chi connectivity index (χ1v) is 8.38. The highest BCUT2D eigenvalue weighted by molar-refractivity contribution is 7.14. The van der Waals surface area contributed by atoms with Crippen LogP contribution in [0.5, 0.6) is 0 Å². The van der Waals surface area contributed by atoms with Crippen molar-refractivity contribution in [1.29, 1.82) is 0 Å². The molecule has 0 spiro atoms. The molecule has 0 aliphatic heterocycles. The van der Waals surface area contributed by atoms with Crippen LogP contribution in [0.4, 0.5) is 0 Å². The number of thiophene rings is 2. The molecule has 0 radical (unpaired) electrons. The molecule has 0 saturated carbocycles. The van der Waals surface area contributed by atoms with Crippen LogP contribution in [-0.2, 0) is 20.0 Å². The van der Waals surface area contributed by atoms with Gasteiger partial charge < -0.3 is 5.32 Å². The van der Waals surface area contributed by atoms with Crippen molar-refractivity contribution in [3.05, 3.63) is 51.8 Å². The lowest BCUT2D eigenvalue weighted by atomic mass is 10.2. The second kappa shape index (κ2) is 6.35. The molecule has 0 bridgehead atoms. The topological polar surface area (TPSA) is 29.9 Å². The van der Waals surface area contributed by atoms with Crippen LogP contribution in [0.1, 0.15) is 10.6 Å². The predicted octanol–water partition coefficient (Wildman–Crippen LogP) is 3.54. The Morgan fingerprint density at radius 2 is 2.25 bits per heavy atom. The molecule has 1 N–H and O–H groups in total. The molecule has 0 atom stereocenters. The molecular weight excluding hydrogens is 286 g/mol. The van der Waals surface area contributed by atoms with Crippen molar-refractivity contribution in [2.24, 2.45) is 7.05 Å². The van der Waals surface area contributed by atoms with Crippen molar-refractivity contribution in [3.8, 4) is 10.4 Å². The monoisotopic (exact) mass is 303 g/mol. The summed E-state index contributed by atoms with van der Waals surface area (Å²) in [4.78, 5) is 2.73. The van der Waals surface area contributed by atoms with Crippen LogP contribution in [0.25, 0.3) is 10.4 Å². The van der Waals surface area contributed by atoms with Gasteiger partial charge >= 0.3 is 0 Å². The van der Waals surface area contributed by atoms with Crippen molar-refractivity contribution in [3.63, 3.8) is 0 Å². The van der Waals surface area contributed by atoms with Crippen LogP contribution in [-0.4, -0.2) is 16.3 Å². The van der Waals surface area contributed by atoms with Crippen molar-refractivity contribution in [1.82, 2.24) is 15.1 Å². The minimum absolute atomic E-state index is 0.933. The van der Waals surface area contributed by atoms with Crippen molar-refractivity contribution < 1.29 is 0 Å². The van der Waals surface area contributed by atoms with Crippen LogP contribution in [0.2, 0.25) is 0 Å². The second-order valence-electron chi connectivity index (χ2n) is 4.69. The Hall–Kier alpha value is -1.43. The summed E-state index contributed by atoms with van der Waals surface area (Å²) in [5.41, 5.74) is 2.48. The first kappa shape index (κ1) is 13.5. The fourth-order valence-corrected chi connectivity index (χ4v) is 3.71. The molecule has 0 unspecified atom stereocenters. The lowest BCUT2D eigenvalue weighted by Crippen LogP contribution is -2.16. The summed E-state index contributed by atoms with van der Waals surface area (Å²) < 4.78 is 1.85. The van der Waals surface area contributed by atoms with E-state index in [1.165, 1.54) is 15.3 Å². The first-order chi connectivity index (χ1) is 9.81. The summed E-state index contributed by atoms with van der Waals surface area (Å²) in [6, 6.07) is 8.62. The largest absolute Gasteiger partial charge is 0.311 e. The predicted molar refractivity (Wildman–Crippen MR) is 86.3 cm³/mol. The summed E-state index contributed by atoms with van der Waals surface area (Å²) in [5, 5.41) is 12.2. The standard InChI is InChI=1S/C15H17N3S2/c1-18-7-5-13(17-18)4-6-16-10-14-9-12(11-20-14)15-3-2-8-19-15/h2-3,5,7-9,11,16H,4,6,10H2,1H3. The van der Waals surface area contributed by atoms with Gasteiger partial charge in [0, 0.05) is 48.1 Å². The van der Waals surface area contributed by atoms with Crippen LogP contribution in [0.3, 0.4) is 0 Å². The van der Waals surface area contributed by atoms with Gasteiger partial charge in [0.2, 0.25) is 0 Å². The van der Waals surface area contributed by atoms with E-state index in [-0.39, 0.29) is 0 Å². The van der Waals surface area contributed by atoms with E-state index >= 15 is 0 Å². The number of aryl methyl sites for hydroxylation is 1. The molecule has 5 heteroatoms. The Kier molecular flexibility index (Phi) is 4.30. The number of nitrogens with zero attached hydrogens (tertiary/aromatic N) is 2. The first-order valence-electron chi connectivity index (χ1n) is 6.62. The molecule has 0 aliphatic rings. The average Bonchev–Trinajstić information content (AvgIpc) is 3.16. The van der Waals surface area contributed by atoms with E-state index in [4.69, 9.17) is 0 Å². The zero-order valence-electron chi connectivity index (χ0n) is 11.4. The van der Waals surface area contributed by atoms with Crippen molar-refractivity contribution in [2.45, 2.75) is 13.0 Å². The highest BCUT2D eigenvalue weighted by Gasteiger charge is 2.03. The number of aromatic nitrogens is 2. The molecule has 0 saturated heterocycles. The van der Waals surface area contributed by atoms with Crippen LogP contribution < -0.4 is 5.32 Å². The SMILES string of the molecule is Cn1ccc(CCNCc2cc(-c3cccs3)cs2)n1. The zero-order chi connectivity index (χ0) is 13.8. The minimum atomic E-state index is 0.933. The average molecular weight is 303 g/mol. The minimum Gasteiger partial charge on any atom is -0.311 e. The maximum Gasteiger partial charge on any atom is 0.0637 e. The van der Waals surface area contributed by atoms with E-state index in [0.29, 0.717) is 0 Å². The maximum absolute atomic E-state index is 4.37. The smallest absolute Gasteiger partial charge is 0.0637 e. The molecule has 0 amide bonds. The van der Waals surface area contributed by atoms with E-state index in [1.807, 2.05) is 29.3 Å². The van der Waals surface area contributed by atoms with Gasteiger partial charge in [0.05, 0.1) is 5.69 Å². The van der Waals surface area contributed by atoms with Gasteiger partial charge in [0.1, 0.15) is 0 Å². The lowest BCUT2D eigenvalue weighted by molar-refractivity contribution is 0.670. The summed E-state index contributed by atoms with van der Waals surface area (Å²) >= 11 is 3.62. The third-order valence-corrected chi connectivity index (χ3v) is 4.94. The summed E-state index contributed by atoms with van der Waals surface area (Å²) in [5.74, 6) is 0. The van der Waals surface area contributed by atoms with Gasteiger partial charge in [0.15, 0.2) is 0 Å². The Morgan fingerprint density at radius 1 is 1.30 bits per heavy atom. The molecule has 3 rings (SSSR count).